The van der Waals surface area contributed by atoms with Gasteiger partial charge in [0.05, 0.1) is 12.7 Å². The van der Waals surface area contributed by atoms with Crippen molar-refractivity contribution in [2.24, 2.45) is 4.99 Å². The van der Waals surface area contributed by atoms with E-state index in [-0.39, 0.29) is 12.2 Å². The van der Waals surface area contributed by atoms with Crippen LogP contribution in [-0.4, -0.2) is 77.2 Å². The SMILES string of the molecule is CCNC(=NCCCc1nnc2n1CCCCC2)N1CCOC(C2CCCO2)C1. The lowest BCUT2D eigenvalue weighted by molar-refractivity contribution is -0.0817. The number of ether oxygens (including phenoxy) is 2. The smallest absolute Gasteiger partial charge is 0.194 e. The average Bonchev–Trinajstić information content (AvgIpc) is 3.36. The molecule has 8 heteroatoms. The maximum Gasteiger partial charge on any atom is 0.194 e. The van der Waals surface area contributed by atoms with Gasteiger partial charge >= 0.3 is 0 Å². The van der Waals surface area contributed by atoms with Crippen molar-refractivity contribution >= 4 is 5.96 Å². The molecule has 162 valence electrons. The van der Waals surface area contributed by atoms with Gasteiger partial charge in [0.15, 0.2) is 5.96 Å². The first-order chi connectivity index (χ1) is 14.3. The summed E-state index contributed by atoms with van der Waals surface area (Å²) in [5.74, 6) is 3.30. The van der Waals surface area contributed by atoms with Crippen LogP contribution in [0.4, 0.5) is 0 Å². The Balaban J connectivity index is 1.31. The van der Waals surface area contributed by atoms with E-state index < -0.39 is 0 Å². The van der Waals surface area contributed by atoms with Gasteiger partial charge in [0.2, 0.25) is 0 Å². The monoisotopic (exact) mass is 404 g/mol. The van der Waals surface area contributed by atoms with Crippen molar-refractivity contribution in [1.29, 1.82) is 0 Å². The molecule has 0 saturated carbocycles. The van der Waals surface area contributed by atoms with Crippen molar-refractivity contribution < 1.29 is 9.47 Å². The van der Waals surface area contributed by atoms with Gasteiger partial charge in [-0.3, -0.25) is 4.99 Å². The van der Waals surface area contributed by atoms with Gasteiger partial charge in [0.1, 0.15) is 17.8 Å². The molecule has 29 heavy (non-hydrogen) atoms. The quantitative estimate of drug-likeness (QED) is 0.442. The summed E-state index contributed by atoms with van der Waals surface area (Å²) in [6.07, 6.45) is 9.42. The van der Waals surface area contributed by atoms with Crippen molar-refractivity contribution in [1.82, 2.24) is 25.0 Å². The summed E-state index contributed by atoms with van der Waals surface area (Å²) in [4.78, 5) is 7.24. The molecular weight excluding hydrogens is 368 g/mol. The van der Waals surface area contributed by atoms with E-state index in [1.165, 1.54) is 25.1 Å². The summed E-state index contributed by atoms with van der Waals surface area (Å²) in [7, 11) is 0. The van der Waals surface area contributed by atoms with Gasteiger partial charge in [-0.2, -0.15) is 0 Å². The number of rotatable bonds is 6. The molecule has 3 aliphatic rings. The Morgan fingerprint density at radius 1 is 1.10 bits per heavy atom. The number of morpholine rings is 1. The molecular formula is C21H36N6O2. The van der Waals surface area contributed by atoms with E-state index in [4.69, 9.17) is 14.5 Å². The second-order valence-corrected chi connectivity index (χ2v) is 8.24. The van der Waals surface area contributed by atoms with Crippen molar-refractivity contribution in [2.75, 3.05) is 39.4 Å². The highest BCUT2D eigenvalue weighted by Gasteiger charge is 2.32. The number of nitrogens with one attached hydrogen (secondary N) is 1. The molecule has 0 bridgehead atoms. The van der Waals surface area contributed by atoms with E-state index in [1.54, 1.807) is 0 Å². The molecule has 2 fully saturated rings. The third-order valence-corrected chi connectivity index (χ3v) is 6.11. The second kappa shape index (κ2) is 10.4. The number of guanidine groups is 1. The van der Waals surface area contributed by atoms with E-state index in [2.05, 4.69) is 31.9 Å². The van der Waals surface area contributed by atoms with Crippen LogP contribution in [0, 0.1) is 0 Å². The minimum Gasteiger partial charge on any atom is -0.375 e. The topological polar surface area (TPSA) is 76.8 Å². The third kappa shape index (κ3) is 5.28. The third-order valence-electron chi connectivity index (χ3n) is 6.11. The minimum absolute atomic E-state index is 0.154. The van der Waals surface area contributed by atoms with Crippen LogP contribution in [-0.2, 0) is 28.9 Å². The molecule has 2 atom stereocenters. The second-order valence-electron chi connectivity index (χ2n) is 8.24. The first-order valence-corrected chi connectivity index (χ1v) is 11.5. The summed E-state index contributed by atoms with van der Waals surface area (Å²) < 4.78 is 14.2. The van der Waals surface area contributed by atoms with Crippen LogP contribution in [0.2, 0.25) is 0 Å². The van der Waals surface area contributed by atoms with Crippen LogP contribution in [0.5, 0.6) is 0 Å². The zero-order chi connectivity index (χ0) is 19.9. The Labute approximate surface area is 174 Å². The number of aromatic nitrogens is 3. The summed E-state index contributed by atoms with van der Waals surface area (Å²) in [6.45, 7) is 8.21. The van der Waals surface area contributed by atoms with Crippen LogP contribution in [0.1, 0.15) is 57.1 Å². The van der Waals surface area contributed by atoms with Gasteiger partial charge in [-0.05, 0) is 39.0 Å². The summed E-state index contributed by atoms with van der Waals surface area (Å²) in [5, 5.41) is 12.3. The van der Waals surface area contributed by atoms with E-state index in [1.807, 2.05) is 0 Å². The van der Waals surface area contributed by atoms with Crippen LogP contribution in [0.15, 0.2) is 4.99 Å². The van der Waals surface area contributed by atoms with Crippen LogP contribution < -0.4 is 5.32 Å². The van der Waals surface area contributed by atoms with Crippen molar-refractivity contribution in [3.63, 3.8) is 0 Å². The Morgan fingerprint density at radius 2 is 2.03 bits per heavy atom. The van der Waals surface area contributed by atoms with Crippen molar-refractivity contribution in [2.45, 2.75) is 77.0 Å². The number of nitrogens with zero attached hydrogens (tertiary/aromatic N) is 5. The van der Waals surface area contributed by atoms with Gasteiger partial charge in [0.25, 0.3) is 0 Å². The normalized spacial score (nSPS) is 25.7. The highest BCUT2D eigenvalue weighted by molar-refractivity contribution is 5.80. The molecule has 3 aliphatic heterocycles. The molecule has 0 spiro atoms. The summed E-state index contributed by atoms with van der Waals surface area (Å²) in [6, 6.07) is 0. The number of hydrogen-bond acceptors (Lipinski definition) is 5. The van der Waals surface area contributed by atoms with Gasteiger partial charge in [-0.25, -0.2) is 0 Å². The molecule has 0 aliphatic carbocycles. The van der Waals surface area contributed by atoms with E-state index >= 15 is 0 Å². The molecule has 4 rings (SSSR count). The highest BCUT2D eigenvalue weighted by atomic mass is 16.5. The fourth-order valence-electron chi connectivity index (χ4n) is 4.57. The maximum absolute atomic E-state index is 5.99. The number of fused-ring (bicyclic) bond motifs is 1. The maximum atomic E-state index is 5.99. The Kier molecular flexibility index (Phi) is 7.38. The lowest BCUT2D eigenvalue weighted by Crippen LogP contribution is -2.53. The van der Waals surface area contributed by atoms with Crippen LogP contribution >= 0.6 is 0 Å². The van der Waals surface area contributed by atoms with Gasteiger partial charge < -0.3 is 24.3 Å². The first-order valence-electron chi connectivity index (χ1n) is 11.5. The minimum atomic E-state index is 0.154. The fraction of sp³-hybridized carbons (Fsp3) is 0.857. The fourth-order valence-corrected chi connectivity index (χ4v) is 4.57. The van der Waals surface area contributed by atoms with Gasteiger partial charge in [0, 0.05) is 52.2 Å². The Hall–Kier alpha value is -1.67. The molecule has 4 heterocycles. The summed E-state index contributed by atoms with van der Waals surface area (Å²) in [5.41, 5.74) is 0. The van der Waals surface area contributed by atoms with E-state index in [9.17, 15) is 0 Å². The number of hydrogen-bond donors (Lipinski definition) is 1. The molecule has 2 unspecified atom stereocenters. The lowest BCUT2D eigenvalue weighted by Gasteiger charge is -2.37. The zero-order valence-corrected chi connectivity index (χ0v) is 17.8. The predicted octanol–water partition coefficient (Wildman–Crippen LogP) is 1.78. The largest absolute Gasteiger partial charge is 0.375 e. The van der Waals surface area contributed by atoms with Crippen LogP contribution in [0.3, 0.4) is 0 Å². The van der Waals surface area contributed by atoms with Crippen molar-refractivity contribution in [3.8, 4) is 0 Å². The molecule has 1 aromatic heterocycles. The highest BCUT2D eigenvalue weighted by Crippen LogP contribution is 2.21. The molecule has 1 N–H and O–H groups in total. The van der Waals surface area contributed by atoms with Gasteiger partial charge in [-0.15, -0.1) is 10.2 Å². The molecule has 0 amide bonds. The molecule has 1 aromatic rings. The lowest BCUT2D eigenvalue weighted by atomic mass is 10.1. The molecule has 2 saturated heterocycles. The van der Waals surface area contributed by atoms with E-state index in [0.29, 0.717) is 0 Å². The number of aliphatic imine (C=N–C) groups is 1. The average molecular weight is 405 g/mol. The molecule has 8 nitrogen and oxygen atoms in total. The zero-order valence-electron chi connectivity index (χ0n) is 17.8. The van der Waals surface area contributed by atoms with E-state index in [0.717, 1.165) is 89.8 Å². The Bertz CT molecular complexity index is 670. The molecule has 0 aromatic carbocycles. The Morgan fingerprint density at radius 3 is 2.90 bits per heavy atom. The number of aryl methyl sites for hydroxylation is 2. The standard InChI is InChI=1S/C21H36N6O2/c1-2-22-21(26-13-15-29-18(16-26)17-8-7-14-28-17)23-11-6-10-20-25-24-19-9-4-3-5-12-27(19)20/h17-18H,2-16H2,1H3,(H,22,23). The van der Waals surface area contributed by atoms with Crippen molar-refractivity contribution in [3.05, 3.63) is 11.6 Å². The predicted molar refractivity (Wildman–Crippen MR) is 112 cm³/mol. The first kappa shape index (κ1) is 20.6. The van der Waals surface area contributed by atoms with Crippen LogP contribution in [0.25, 0.3) is 0 Å². The summed E-state index contributed by atoms with van der Waals surface area (Å²) >= 11 is 0. The molecule has 0 radical (unpaired) electrons. The van der Waals surface area contributed by atoms with Gasteiger partial charge in [-0.1, -0.05) is 6.42 Å².